The van der Waals surface area contributed by atoms with Gasteiger partial charge in [0, 0.05) is 25.5 Å². The summed E-state index contributed by atoms with van der Waals surface area (Å²) in [5, 5.41) is 2.86. The Bertz CT molecular complexity index is 1130. The van der Waals surface area contributed by atoms with Gasteiger partial charge in [-0.25, -0.2) is 4.79 Å². The molecule has 0 radical (unpaired) electrons. The Morgan fingerprint density at radius 2 is 1.42 bits per heavy atom. The first-order chi connectivity index (χ1) is 17.4. The quantitative estimate of drug-likeness (QED) is 0.417. The van der Waals surface area contributed by atoms with Gasteiger partial charge in [0.1, 0.15) is 17.8 Å². The molecule has 3 aromatic carbocycles. The number of hydrogen-bond acceptors (Lipinski definition) is 5. The Morgan fingerprint density at radius 3 is 2.00 bits per heavy atom. The van der Waals surface area contributed by atoms with E-state index >= 15 is 0 Å². The molecular formula is C29H32N2O5. The smallest absolute Gasteiger partial charge is 0.328 e. The standard InChI is InChI=1S/C29H32N2O5/c1-4-36-24-17-15-22(16-18-24)19-25(30-27(32)23-13-9-6-10-14-23)28(33)31(2)26(29(34)35-3)20-21-11-7-5-8-12-21/h5-18,25-26H,4,19-20H2,1-3H3,(H,30,32)/t25-,26+/m1/s1. The molecule has 7 heteroatoms. The minimum atomic E-state index is -0.899. The fraction of sp³-hybridized carbons (Fsp3) is 0.276. The maximum absolute atomic E-state index is 13.7. The van der Waals surface area contributed by atoms with Gasteiger partial charge in [-0.05, 0) is 42.3 Å². The van der Waals surface area contributed by atoms with E-state index in [0.717, 1.165) is 16.9 Å². The summed E-state index contributed by atoms with van der Waals surface area (Å²) in [5.74, 6) is -0.558. The summed E-state index contributed by atoms with van der Waals surface area (Å²) in [6, 6.07) is 23.8. The summed E-state index contributed by atoms with van der Waals surface area (Å²) in [6.45, 7) is 2.46. The Hall–Kier alpha value is -4.13. The van der Waals surface area contributed by atoms with Crippen LogP contribution >= 0.6 is 0 Å². The number of benzene rings is 3. The highest BCUT2D eigenvalue weighted by atomic mass is 16.5. The van der Waals surface area contributed by atoms with Crippen LogP contribution in [0.5, 0.6) is 5.75 Å². The molecule has 0 saturated carbocycles. The number of ether oxygens (including phenoxy) is 2. The van der Waals surface area contributed by atoms with Gasteiger partial charge < -0.3 is 19.7 Å². The lowest BCUT2D eigenvalue weighted by Gasteiger charge is -2.30. The molecule has 0 fully saturated rings. The van der Waals surface area contributed by atoms with Gasteiger partial charge in [-0.1, -0.05) is 60.7 Å². The predicted molar refractivity (Wildman–Crippen MR) is 138 cm³/mol. The van der Waals surface area contributed by atoms with Gasteiger partial charge in [0.05, 0.1) is 13.7 Å². The Kier molecular flexibility index (Phi) is 9.63. The van der Waals surface area contributed by atoms with Gasteiger partial charge in [0.25, 0.3) is 5.91 Å². The van der Waals surface area contributed by atoms with E-state index in [0.29, 0.717) is 12.2 Å². The summed E-state index contributed by atoms with van der Waals surface area (Å²) in [6.07, 6.45) is 0.533. The third-order valence-corrected chi connectivity index (χ3v) is 5.87. The highest BCUT2D eigenvalue weighted by Gasteiger charge is 2.33. The largest absolute Gasteiger partial charge is 0.494 e. The van der Waals surface area contributed by atoms with Crippen LogP contribution in [-0.2, 0) is 27.2 Å². The number of carbonyl (C=O) groups excluding carboxylic acids is 3. The zero-order valence-corrected chi connectivity index (χ0v) is 20.8. The molecule has 0 aromatic heterocycles. The summed E-state index contributed by atoms with van der Waals surface area (Å²) >= 11 is 0. The lowest BCUT2D eigenvalue weighted by Crippen LogP contribution is -2.54. The number of nitrogens with one attached hydrogen (secondary N) is 1. The Labute approximate surface area is 212 Å². The average Bonchev–Trinajstić information content (AvgIpc) is 2.92. The molecule has 2 amide bonds. The molecule has 188 valence electrons. The first-order valence-electron chi connectivity index (χ1n) is 11.9. The second-order valence-corrected chi connectivity index (χ2v) is 8.35. The van der Waals surface area contributed by atoms with Crippen LogP contribution in [0.2, 0.25) is 0 Å². The molecule has 2 atom stereocenters. The van der Waals surface area contributed by atoms with E-state index in [4.69, 9.17) is 9.47 Å². The lowest BCUT2D eigenvalue weighted by molar-refractivity contribution is -0.152. The van der Waals surface area contributed by atoms with Crippen molar-refractivity contribution >= 4 is 17.8 Å². The molecule has 0 aliphatic carbocycles. The minimum Gasteiger partial charge on any atom is -0.494 e. The first-order valence-corrected chi connectivity index (χ1v) is 11.9. The Morgan fingerprint density at radius 1 is 0.833 bits per heavy atom. The van der Waals surface area contributed by atoms with Crippen molar-refractivity contribution in [3.63, 3.8) is 0 Å². The number of amides is 2. The topological polar surface area (TPSA) is 84.9 Å². The molecule has 0 aliphatic rings. The van der Waals surface area contributed by atoms with Gasteiger partial charge in [-0.2, -0.15) is 0 Å². The van der Waals surface area contributed by atoms with Crippen LogP contribution in [0.1, 0.15) is 28.4 Å². The molecular weight excluding hydrogens is 456 g/mol. The minimum absolute atomic E-state index is 0.243. The molecule has 0 heterocycles. The monoisotopic (exact) mass is 488 g/mol. The van der Waals surface area contributed by atoms with Crippen LogP contribution in [0.4, 0.5) is 0 Å². The van der Waals surface area contributed by atoms with E-state index < -0.39 is 18.1 Å². The summed E-state index contributed by atoms with van der Waals surface area (Å²) in [7, 11) is 2.86. The van der Waals surface area contributed by atoms with Crippen LogP contribution in [-0.4, -0.2) is 55.5 Å². The van der Waals surface area contributed by atoms with Crippen molar-refractivity contribution in [3.8, 4) is 5.75 Å². The van der Waals surface area contributed by atoms with E-state index in [2.05, 4.69) is 5.32 Å². The third-order valence-electron chi connectivity index (χ3n) is 5.87. The van der Waals surface area contributed by atoms with Crippen LogP contribution in [0.15, 0.2) is 84.9 Å². The van der Waals surface area contributed by atoms with Crippen LogP contribution in [0, 0.1) is 0 Å². The first kappa shape index (κ1) is 26.5. The fourth-order valence-corrected chi connectivity index (χ4v) is 3.91. The molecule has 7 nitrogen and oxygen atoms in total. The molecule has 3 rings (SSSR count). The Balaban J connectivity index is 1.86. The normalized spacial score (nSPS) is 12.2. The van der Waals surface area contributed by atoms with E-state index in [9.17, 15) is 14.4 Å². The van der Waals surface area contributed by atoms with Crippen molar-refractivity contribution in [1.82, 2.24) is 10.2 Å². The van der Waals surface area contributed by atoms with Crippen molar-refractivity contribution in [3.05, 3.63) is 102 Å². The van der Waals surface area contributed by atoms with E-state index in [1.807, 2.05) is 67.6 Å². The van der Waals surface area contributed by atoms with Gasteiger partial charge >= 0.3 is 5.97 Å². The summed E-state index contributed by atoms with van der Waals surface area (Å²) < 4.78 is 10.5. The highest BCUT2D eigenvalue weighted by Crippen LogP contribution is 2.16. The number of likely N-dealkylation sites (N-methyl/N-ethyl adjacent to an activating group) is 1. The van der Waals surface area contributed by atoms with Crippen LogP contribution in [0.3, 0.4) is 0 Å². The average molecular weight is 489 g/mol. The second kappa shape index (κ2) is 13.1. The zero-order chi connectivity index (χ0) is 25.9. The molecule has 3 aromatic rings. The molecule has 36 heavy (non-hydrogen) atoms. The van der Waals surface area contributed by atoms with Gasteiger partial charge in [0.2, 0.25) is 5.91 Å². The summed E-state index contributed by atoms with van der Waals surface area (Å²) in [4.78, 5) is 40.7. The number of esters is 1. The van der Waals surface area contributed by atoms with Crippen LogP contribution < -0.4 is 10.1 Å². The third kappa shape index (κ3) is 7.18. The van der Waals surface area contributed by atoms with E-state index in [1.165, 1.54) is 12.0 Å². The molecule has 0 aliphatic heterocycles. The molecule has 0 unspecified atom stereocenters. The van der Waals surface area contributed by atoms with E-state index in [1.54, 1.807) is 31.3 Å². The molecule has 0 saturated heterocycles. The molecule has 0 spiro atoms. The van der Waals surface area contributed by atoms with Crippen molar-refractivity contribution in [2.45, 2.75) is 31.8 Å². The van der Waals surface area contributed by atoms with E-state index in [-0.39, 0.29) is 24.7 Å². The number of carbonyl (C=O) groups is 3. The van der Waals surface area contributed by atoms with Crippen molar-refractivity contribution in [1.29, 1.82) is 0 Å². The van der Waals surface area contributed by atoms with Gasteiger partial charge in [-0.3, -0.25) is 9.59 Å². The number of hydrogen-bond donors (Lipinski definition) is 1. The molecule has 1 N–H and O–H groups in total. The van der Waals surface area contributed by atoms with Crippen molar-refractivity contribution < 1.29 is 23.9 Å². The molecule has 0 bridgehead atoms. The maximum Gasteiger partial charge on any atom is 0.328 e. The summed E-state index contributed by atoms with van der Waals surface area (Å²) in [5.41, 5.74) is 2.18. The highest BCUT2D eigenvalue weighted by molar-refractivity contribution is 5.98. The van der Waals surface area contributed by atoms with Crippen LogP contribution in [0.25, 0.3) is 0 Å². The van der Waals surface area contributed by atoms with Gasteiger partial charge in [-0.15, -0.1) is 0 Å². The number of nitrogens with zero attached hydrogens (tertiary/aromatic N) is 1. The van der Waals surface area contributed by atoms with Crippen molar-refractivity contribution in [2.24, 2.45) is 0 Å². The maximum atomic E-state index is 13.7. The second-order valence-electron chi connectivity index (χ2n) is 8.35. The van der Waals surface area contributed by atoms with Crippen molar-refractivity contribution in [2.75, 3.05) is 20.8 Å². The SMILES string of the molecule is CCOc1ccc(C[C@@H](NC(=O)c2ccccc2)C(=O)N(C)[C@@H](Cc2ccccc2)C(=O)OC)cc1. The number of methoxy groups -OCH3 is 1. The fourth-order valence-electron chi connectivity index (χ4n) is 3.91. The lowest BCUT2D eigenvalue weighted by atomic mass is 10.0. The predicted octanol–water partition coefficient (Wildman–Crippen LogP) is 3.67. The zero-order valence-electron chi connectivity index (χ0n) is 20.8. The van der Waals surface area contributed by atoms with Gasteiger partial charge in [0.15, 0.2) is 0 Å². The number of rotatable bonds is 11.